The Kier molecular flexibility index (Phi) is 9.25. The molecule has 0 saturated heterocycles. The van der Waals surface area contributed by atoms with E-state index in [1.807, 2.05) is 6.07 Å². The van der Waals surface area contributed by atoms with Gasteiger partial charge in [-0.1, -0.05) is 39.5 Å². The van der Waals surface area contributed by atoms with E-state index in [9.17, 15) is 4.79 Å². The molecule has 0 bridgehead atoms. The first-order valence-electron chi connectivity index (χ1n) is 9.90. The Hall–Kier alpha value is -2.49. The molecule has 0 aliphatic carbocycles. The molecule has 0 radical (unpaired) electrons. The van der Waals surface area contributed by atoms with Crippen LogP contribution in [0.1, 0.15) is 68.5 Å². The van der Waals surface area contributed by atoms with Crippen LogP contribution >= 0.6 is 0 Å². The van der Waals surface area contributed by atoms with Gasteiger partial charge in [0, 0.05) is 5.56 Å². The topological polar surface area (TPSA) is 48.7 Å². The Morgan fingerprint density at radius 2 is 1.67 bits per heavy atom. The molecule has 0 amide bonds. The van der Waals surface area contributed by atoms with Crippen molar-refractivity contribution in [2.24, 2.45) is 0 Å². The maximum atomic E-state index is 12.5. The second-order valence-electron chi connectivity index (χ2n) is 6.49. The number of furan rings is 1. The molecule has 0 unspecified atom stereocenters. The molecule has 27 heavy (non-hydrogen) atoms. The second-order valence-corrected chi connectivity index (χ2v) is 6.49. The molecular weight excluding hydrogens is 340 g/mol. The molecule has 4 nitrogen and oxygen atoms in total. The average Bonchev–Trinajstić information content (AvgIpc) is 3.21. The first kappa shape index (κ1) is 20.8. The number of ether oxygens (including phenoxy) is 2. The molecule has 1 heterocycles. The van der Waals surface area contributed by atoms with Crippen LogP contribution in [0.15, 0.2) is 47.1 Å². The van der Waals surface area contributed by atoms with Crippen molar-refractivity contribution in [2.75, 3.05) is 13.2 Å². The minimum absolute atomic E-state index is 0.0951. The van der Waals surface area contributed by atoms with Gasteiger partial charge in [0.2, 0.25) is 0 Å². The van der Waals surface area contributed by atoms with Gasteiger partial charge in [-0.25, -0.2) is 0 Å². The van der Waals surface area contributed by atoms with Crippen LogP contribution in [0.4, 0.5) is 0 Å². The summed E-state index contributed by atoms with van der Waals surface area (Å²) in [5, 5.41) is 0. The van der Waals surface area contributed by atoms with Crippen LogP contribution in [0.3, 0.4) is 0 Å². The van der Waals surface area contributed by atoms with Gasteiger partial charge in [0.15, 0.2) is 17.3 Å². The molecule has 0 fully saturated rings. The number of carbonyl (C=O) groups is 1. The van der Waals surface area contributed by atoms with Gasteiger partial charge in [-0.2, -0.15) is 0 Å². The molecule has 2 aromatic rings. The fourth-order valence-corrected chi connectivity index (χ4v) is 2.60. The summed E-state index contributed by atoms with van der Waals surface area (Å²) in [6.07, 6.45) is 11.3. The van der Waals surface area contributed by atoms with Crippen LogP contribution < -0.4 is 9.47 Å². The Labute approximate surface area is 162 Å². The third-order valence-electron chi connectivity index (χ3n) is 4.18. The van der Waals surface area contributed by atoms with Crippen LogP contribution in [0.25, 0.3) is 6.08 Å². The molecule has 0 saturated carbocycles. The normalized spacial score (nSPS) is 11.0. The van der Waals surface area contributed by atoms with E-state index in [0.717, 1.165) is 38.5 Å². The third kappa shape index (κ3) is 7.33. The molecule has 1 aromatic carbocycles. The van der Waals surface area contributed by atoms with Crippen molar-refractivity contribution in [3.63, 3.8) is 0 Å². The van der Waals surface area contributed by atoms with Gasteiger partial charge in [-0.05, 0) is 55.3 Å². The SMILES string of the molecule is CCCCCOc1ccc(C(=O)/C=C/c2ccco2)cc1OCCCCC. The Morgan fingerprint density at radius 3 is 2.30 bits per heavy atom. The van der Waals surface area contributed by atoms with Crippen LogP contribution in [0, 0.1) is 0 Å². The summed E-state index contributed by atoms with van der Waals surface area (Å²) in [5.41, 5.74) is 0.573. The summed E-state index contributed by atoms with van der Waals surface area (Å²) in [4.78, 5) is 12.5. The highest BCUT2D eigenvalue weighted by atomic mass is 16.5. The molecule has 0 atom stereocenters. The predicted octanol–water partition coefficient (Wildman–Crippen LogP) is 6.31. The minimum atomic E-state index is -0.0951. The zero-order valence-electron chi connectivity index (χ0n) is 16.4. The van der Waals surface area contributed by atoms with Gasteiger partial charge in [0.25, 0.3) is 0 Å². The van der Waals surface area contributed by atoms with E-state index in [1.165, 1.54) is 6.08 Å². The summed E-state index contributed by atoms with van der Waals surface area (Å²) in [5.74, 6) is 1.90. The van der Waals surface area contributed by atoms with Crippen LogP contribution in [0.2, 0.25) is 0 Å². The zero-order valence-corrected chi connectivity index (χ0v) is 16.4. The highest BCUT2D eigenvalue weighted by Gasteiger charge is 2.11. The Bertz CT molecular complexity index is 701. The summed E-state index contributed by atoms with van der Waals surface area (Å²) in [7, 11) is 0. The summed E-state index contributed by atoms with van der Waals surface area (Å²) in [6.45, 7) is 5.61. The summed E-state index contributed by atoms with van der Waals surface area (Å²) < 4.78 is 17.0. The number of ketones is 1. The van der Waals surface area contributed by atoms with E-state index >= 15 is 0 Å². The van der Waals surface area contributed by atoms with Crippen molar-refractivity contribution in [1.82, 2.24) is 0 Å². The molecule has 146 valence electrons. The first-order chi connectivity index (χ1) is 13.2. The number of rotatable bonds is 13. The molecule has 4 heteroatoms. The Morgan fingerprint density at radius 1 is 0.963 bits per heavy atom. The fourth-order valence-electron chi connectivity index (χ4n) is 2.60. The minimum Gasteiger partial charge on any atom is -0.490 e. The Balaban J connectivity index is 2.06. The molecule has 0 aliphatic heterocycles. The lowest BCUT2D eigenvalue weighted by Gasteiger charge is -2.13. The van der Waals surface area contributed by atoms with E-state index in [4.69, 9.17) is 13.9 Å². The van der Waals surface area contributed by atoms with Gasteiger partial charge >= 0.3 is 0 Å². The van der Waals surface area contributed by atoms with Crippen molar-refractivity contribution in [3.8, 4) is 11.5 Å². The smallest absolute Gasteiger partial charge is 0.186 e. The van der Waals surface area contributed by atoms with Gasteiger partial charge in [-0.15, -0.1) is 0 Å². The van der Waals surface area contributed by atoms with Gasteiger partial charge in [-0.3, -0.25) is 4.79 Å². The van der Waals surface area contributed by atoms with Crippen LogP contribution in [-0.2, 0) is 0 Å². The van der Waals surface area contributed by atoms with Gasteiger partial charge in [0.05, 0.1) is 19.5 Å². The number of unbranched alkanes of at least 4 members (excludes halogenated alkanes) is 4. The third-order valence-corrected chi connectivity index (χ3v) is 4.18. The molecule has 0 aliphatic rings. The molecule has 1 aromatic heterocycles. The number of allylic oxidation sites excluding steroid dienone is 1. The molecule has 2 rings (SSSR count). The lowest BCUT2D eigenvalue weighted by molar-refractivity contribution is 0.104. The average molecular weight is 370 g/mol. The van der Waals surface area contributed by atoms with E-state index in [0.29, 0.717) is 36.0 Å². The van der Waals surface area contributed by atoms with Crippen molar-refractivity contribution in [3.05, 3.63) is 54.0 Å². The molecule has 0 spiro atoms. The van der Waals surface area contributed by atoms with Crippen molar-refractivity contribution in [1.29, 1.82) is 0 Å². The summed E-state index contributed by atoms with van der Waals surface area (Å²) >= 11 is 0. The van der Waals surface area contributed by atoms with E-state index in [-0.39, 0.29) is 5.78 Å². The standard InChI is InChI=1S/C23H30O4/c1-3-5-7-15-26-22-14-11-19(18-23(22)27-16-8-6-4-2)21(24)13-12-20-10-9-17-25-20/h9-14,17-18H,3-8,15-16H2,1-2H3/b13-12+. The predicted molar refractivity (Wildman–Crippen MR) is 109 cm³/mol. The van der Waals surface area contributed by atoms with Gasteiger partial charge < -0.3 is 13.9 Å². The van der Waals surface area contributed by atoms with E-state index in [1.54, 1.807) is 36.6 Å². The monoisotopic (exact) mass is 370 g/mol. The van der Waals surface area contributed by atoms with Crippen molar-refractivity contribution >= 4 is 11.9 Å². The zero-order chi connectivity index (χ0) is 19.3. The van der Waals surface area contributed by atoms with E-state index < -0.39 is 0 Å². The molecular formula is C23H30O4. The van der Waals surface area contributed by atoms with Crippen molar-refractivity contribution in [2.45, 2.75) is 52.4 Å². The molecule has 0 N–H and O–H groups in total. The summed E-state index contributed by atoms with van der Waals surface area (Å²) in [6, 6.07) is 8.98. The first-order valence-corrected chi connectivity index (χ1v) is 9.90. The quantitative estimate of drug-likeness (QED) is 0.235. The fraction of sp³-hybridized carbons (Fsp3) is 0.435. The van der Waals surface area contributed by atoms with Crippen molar-refractivity contribution < 1.29 is 18.7 Å². The highest BCUT2D eigenvalue weighted by molar-refractivity contribution is 6.07. The highest BCUT2D eigenvalue weighted by Crippen LogP contribution is 2.29. The van der Waals surface area contributed by atoms with E-state index in [2.05, 4.69) is 13.8 Å². The number of benzene rings is 1. The maximum absolute atomic E-state index is 12.5. The van der Waals surface area contributed by atoms with Gasteiger partial charge in [0.1, 0.15) is 5.76 Å². The maximum Gasteiger partial charge on any atom is 0.186 e. The van der Waals surface area contributed by atoms with Crippen LogP contribution in [0.5, 0.6) is 11.5 Å². The second kappa shape index (κ2) is 12.0. The largest absolute Gasteiger partial charge is 0.490 e. The van der Waals surface area contributed by atoms with Crippen LogP contribution in [-0.4, -0.2) is 19.0 Å². The number of hydrogen-bond donors (Lipinski definition) is 0. The lowest BCUT2D eigenvalue weighted by atomic mass is 10.1. The number of hydrogen-bond acceptors (Lipinski definition) is 4. The number of carbonyl (C=O) groups excluding carboxylic acids is 1. The lowest BCUT2D eigenvalue weighted by Crippen LogP contribution is -2.04.